The van der Waals surface area contributed by atoms with E-state index in [0.717, 1.165) is 5.76 Å². The fraction of sp³-hybridized carbons (Fsp3) is 0.267. The van der Waals surface area contributed by atoms with Crippen molar-refractivity contribution in [1.29, 1.82) is 0 Å². The van der Waals surface area contributed by atoms with Crippen molar-refractivity contribution in [3.8, 4) is 0 Å². The van der Waals surface area contributed by atoms with E-state index < -0.39 is 0 Å². The van der Waals surface area contributed by atoms with Crippen molar-refractivity contribution < 1.29 is 9.21 Å². The molecular formula is C15H18ClN3O2. The number of furan rings is 1. The van der Waals surface area contributed by atoms with E-state index >= 15 is 0 Å². The molecule has 0 atom stereocenters. The van der Waals surface area contributed by atoms with Crippen LogP contribution in [0, 0.1) is 0 Å². The molecule has 3 N–H and O–H groups in total. The molecule has 21 heavy (non-hydrogen) atoms. The topological polar surface area (TPSA) is 71.5 Å². The Labute approximate surface area is 128 Å². The summed E-state index contributed by atoms with van der Waals surface area (Å²) in [6, 6.07) is 8.74. The Balaban J connectivity index is 1.80. The molecular weight excluding hydrogens is 290 g/mol. The second-order valence-corrected chi connectivity index (χ2v) is 5.28. The van der Waals surface area contributed by atoms with Crippen LogP contribution in [0.15, 0.2) is 41.0 Å². The minimum Gasteiger partial charge on any atom is -0.468 e. The second kappa shape index (κ2) is 7.15. The van der Waals surface area contributed by atoms with Gasteiger partial charge in [0.25, 0.3) is 0 Å². The molecule has 0 aliphatic heterocycles. The maximum absolute atomic E-state index is 11.9. The first kappa shape index (κ1) is 15.4. The van der Waals surface area contributed by atoms with Crippen LogP contribution in [0.1, 0.15) is 12.2 Å². The van der Waals surface area contributed by atoms with Gasteiger partial charge in [0, 0.05) is 18.0 Å². The molecule has 112 valence electrons. The van der Waals surface area contributed by atoms with Gasteiger partial charge in [-0.25, -0.2) is 0 Å². The van der Waals surface area contributed by atoms with Crippen LogP contribution in [0.3, 0.4) is 0 Å². The lowest BCUT2D eigenvalue weighted by molar-refractivity contribution is -0.116. The summed E-state index contributed by atoms with van der Waals surface area (Å²) in [5.41, 5.74) is 6.83. The number of halogens is 1. The normalized spacial score (nSPS) is 10.8. The lowest BCUT2D eigenvalue weighted by Gasteiger charge is -2.15. The van der Waals surface area contributed by atoms with Gasteiger partial charge < -0.3 is 15.5 Å². The summed E-state index contributed by atoms with van der Waals surface area (Å²) in [5, 5.41) is 3.30. The van der Waals surface area contributed by atoms with E-state index in [1.54, 1.807) is 24.5 Å². The van der Waals surface area contributed by atoms with Crippen molar-refractivity contribution in [3.05, 3.63) is 47.4 Å². The zero-order chi connectivity index (χ0) is 15.2. The van der Waals surface area contributed by atoms with Crippen LogP contribution in [-0.4, -0.2) is 24.4 Å². The third kappa shape index (κ3) is 4.81. The first-order valence-electron chi connectivity index (χ1n) is 6.60. The third-order valence-electron chi connectivity index (χ3n) is 3.02. The molecule has 2 rings (SSSR count). The summed E-state index contributed by atoms with van der Waals surface area (Å²) in [7, 11) is 1.93. The average molecular weight is 308 g/mol. The van der Waals surface area contributed by atoms with E-state index in [0.29, 0.717) is 35.9 Å². The van der Waals surface area contributed by atoms with E-state index in [4.69, 9.17) is 21.8 Å². The number of nitrogens with two attached hydrogens (primary N) is 1. The molecule has 0 aliphatic rings. The minimum absolute atomic E-state index is 0.102. The number of nitrogens with zero attached hydrogens (tertiary/aromatic N) is 1. The quantitative estimate of drug-likeness (QED) is 0.805. The van der Waals surface area contributed by atoms with E-state index in [1.165, 1.54) is 0 Å². The molecule has 0 fully saturated rings. The lowest BCUT2D eigenvalue weighted by Crippen LogP contribution is -2.24. The fourth-order valence-corrected chi connectivity index (χ4v) is 2.06. The summed E-state index contributed by atoms with van der Waals surface area (Å²) in [6.45, 7) is 1.28. The highest BCUT2D eigenvalue weighted by molar-refractivity contribution is 6.31. The number of amides is 1. The van der Waals surface area contributed by atoms with Gasteiger partial charge >= 0.3 is 0 Å². The summed E-state index contributed by atoms with van der Waals surface area (Å²) in [4.78, 5) is 13.9. The number of nitrogen functional groups attached to an aromatic ring is 1. The fourth-order valence-electron chi connectivity index (χ4n) is 1.89. The number of hydrogen-bond donors (Lipinski definition) is 2. The van der Waals surface area contributed by atoms with E-state index in [1.807, 2.05) is 24.1 Å². The standard InChI is InChI=1S/C15H18ClN3O2/c1-19(10-12-3-2-8-21-12)7-6-15(20)18-14-9-11(16)4-5-13(14)17/h2-5,8-9H,6-7,10,17H2,1H3,(H,18,20). The molecule has 0 saturated heterocycles. The average Bonchev–Trinajstić information content (AvgIpc) is 2.93. The number of hydrogen-bond acceptors (Lipinski definition) is 4. The van der Waals surface area contributed by atoms with Crippen molar-refractivity contribution in [2.45, 2.75) is 13.0 Å². The largest absolute Gasteiger partial charge is 0.468 e. The molecule has 0 radical (unpaired) electrons. The van der Waals surface area contributed by atoms with Gasteiger partial charge in [0.15, 0.2) is 0 Å². The van der Waals surface area contributed by atoms with Gasteiger partial charge in [0.05, 0.1) is 24.2 Å². The molecule has 2 aromatic rings. The third-order valence-corrected chi connectivity index (χ3v) is 3.25. The van der Waals surface area contributed by atoms with Crippen LogP contribution in [0.25, 0.3) is 0 Å². The zero-order valence-electron chi connectivity index (χ0n) is 11.8. The Morgan fingerprint density at radius 3 is 2.95 bits per heavy atom. The van der Waals surface area contributed by atoms with Crippen LogP contribution in [-0.2, 0) is 11.3 Å². The monoisotopic (exact) mass is 307 g/mol. The molecule has 0 spiro atoms. The molecule has 1 aromatic heterocycles. The number of benzene rings is 1. The number of nitrogens with one attached hydrogen (secondary N) is 1. The number of carbonyl (C=O) groups excluding carboxylic acids is 1. The van der Waals surface area contributed by atoms with E-state index in [9.17, 15) is 4.79 Å². The molecule has 1 heterocycles. The Hall–Kier alpha value is -1.98. The van der Waals surface area contributed by atoms with Crippen molar-refractivity contribution in [1.82, 2.24) is 4.90 Å². The summed E-state index contributed by atoms with van der Waals surface area (Å²) in [5.74, 6) is 0.771. The molecule has 0 aliphatic carbocycles. The van der Waals surface area contributed by atoms with Crippen LogP contribution < -0.4 is 11.1 Å². The van der Waals surface area contributed by atoms with Crippen molar-refractivity contribution >= 4 is 28.9 Å². The van der Waals surface area contributed by atoms with Gasteiger partial charge in [0.1, 0.15) is 5.76 Å². The summed E-state index contributed by atoms with van der Waals surface area (Å²) < 4.78 is 5.26. The maximum atomic E-state index is 11.9. The summed E-state index contributed by atoms with van der Waals surface area (Å²) in [6.07, 6.45) is 2.00. The van der Waals surface area contributed by atoms with Gasteiger partial charge in [-0.05, 0) is 37.4 Å². The Bertz CT molecular complexity index is 599. The zero-order valence-corrected chi connectivity index (χ0v) is 12.6. The van der Waals surface area contributed by atoms with E-state index in [2.05, 4.69) is 5.32 Å². The van der Waals surface area contributed by atoms with E-state index in [-0.39, 0.29) is 5.91 Å². The highest BCUT2D eigenvalue weighted by Crippen LogP contribution is 2.22. The van der Waals surface area contributed by atoms with Gasteiger partial charge in [-0.2, -0.15) is 0 Å². The van der Waals surface area contributed by atoms with Crippen molar-refractivity contribution in [2.24, 2.45) is 0 Å². The van der Waals surface area contributed by atoms with Crippen LogP contribution in [0.4, 0.5) is 11.4 Å². The van der Waals surface area contributed by atoms with Crippen LogP contribution >= 0.6 is 11.6 Å². The molecule has 0 unspecified atom stereocenters. The SMILES string of the molecule is CN(CCC(=O)Nc1cc(Cl)ccc1N)Cc1ccco1. The van der Waals surface area contributed by atoms with Gasteiger partial charge in [-0.3, -0.25) is 9.69 Å². The molecule has 5 nitrogen and oxygen atoms in total. The molecule has 0 bridgehead atoms. The predicted octanol–water partition coefficient (Wildman–Crippen LogP) is 2.98. The lowest BCUT2D eigenvalue weighted by atomic mass is 10.2. The Kier molecular flexibility index (Phi) is 5.25. The molecule has 6 heteroatoms. The predicted molar refractivity (Wildman–Crippen MR) is 84.2 cm³/mol. The van der Waals surface area contributed by atoms with Crippen molar-refractivity contribution in [3.63, 3.8) is 0 Å². The first-order chi connectivity index (χ1) is 10.0. The first-order valence-corrected chi connectivity index (χ1v) is 6.98. The van der Waals surface area contributed by atoms with Gasteiger partial charge in [-0.1, -0.05) is 11.6 Å². The minimum atomic E-state index is -0.102. The maximum Gasteiger partial charge on any atom is 0.225 e. The highest BCUT2D eigenvalue weighted by Gasteiger charge is 2.08. The number of anilines is 2. The van der Waals surface area contributed by atoms with Crippen LogP contribution in [0.5, 0.6) is 0 Å². The summed E-state index contributed by atoms with van der Waals surface area (Å²) >= 11 is 5.88. The molecule has 1 amide bonds. The van der Waals surface area contributed by atoms with Crippen molar-refractivity contribution in [2.75, 3.05) is 24.6 Å². The highest BCUT2D eigenvalue weighted by atomic mass is 35.5. The van der Waals surface area contributed by atoms with Gasteiger partial charge in [0.2, 0.25) is 5.91 Å². The second-order valence-electron chi connectivity index (χ2n) is 4.85. The molecule has 1 aromatic carbocycles. The van der Waals surface area contributed by atoms with Gasteiger partial charge in [-0.15, -0.1) is 0 Å². The smallest absolute Gasteiger partial charge is 0.225 e. The number of carbonyl (C=O) groups is 1. The van der Waals surface area contributed by atoms with Crippen LogP contribution in [0.2, 0.25) is 5.02 Å². The Morgan fingerprint density at radius 2 is 2.24 bits per heavy atom. The Morgan fingerprint density at radius 1 is 1.43 bits per heavy atom. The number of rotatable bonds is 6. The molecule has 0 saturated carbocycles.